The lowest BCUT2D eigenvalue weighted by molar-refractivity contribution is 0.0687. The average Bonchev–Trinajstić information content (AvgIpc) is 2.63. The Morgan fingerprint density at radius 2 is 2.08 bits per heavy atom. The Morgan fingerprint density at radius 1 is 1.33 bits per heavy atom. The van der Waals surface area contributed by atoms with E-state index in [1.54, 1.807) is 6.07 Å². The number of benzene rings is 1. The second-order valence-electron chi connectivity index (χ2n) is 5.81. The minimum atomic E-state index is -0.109. The Labute approximate surface area is 146 Å². The van der Waals surface area contributed by atoms with Gasteiger partial charge in [-0.3, -0.25) is 10.2 Å². The number of hydrogen-bond acceptors (Lipinski definition) is 4. The van der Waals surface area contributed by atoms with E-state index in [0.29, 0.717) is 23.7 Å². The predicted molar refractivity (Wildman–Crippen MR) is 99.0 cm³/mol. The molecule has 1 aromatic carbocycles. The maximum absolute atomic E-state index is 12.9. The van der Waals surface area contributed by atoms with E-state index in [1.807, 2.05) is 23.1 Å². The highest BCUT2D eigenvalue weighted by atomic mass is 32.1. The predicted octanol–water partition coefficient (Wildman–Crippen LogP) is 1.90. The molecule has 0 amide bonds. The fourth-order valence-corrected chi connectivity index (χ4v) is 3.00. The number of thiocarbonyl (C=S) groups is 1. The molecule has 1 aliphatic rings. The molecule has 0 radical (unpaired) electrons. The van der Waals surface area contributed by atoms with Crippen LogP contribution in [0.5, 0.6) is 0 Å². The molecule has 1 N–H and O–H groups in total. The van der Waals surface area contributed by atoms with E-state index in [4.69, 9.17) is 17.0 Å². The van der Waals surface area contributed by atoms with Crippen LogP contribution in [0.25, 0.3) is 10.9 Å². The van der Waals surface area contributed by atoms with Crippen molar-refractivity contribution < 1.29 is 4.74 Å². The van der Waals surface area contributed by atoms with Crippen molar-refractivity contribution in [1.82, 2.24) is 14.6 Å². The monoisotopic (exact) mass is 346 g/mol. The molecule has 1 fully saturated rings. The highest BCUT2D eigenvalue weighted by Crippen LogP contribution is 2.09. The molecule has 0 aliphatic carbocycles. The normalized spacial score (nSPS) is 14.8. The number of nitrogens with one attached hydrogen (secondary N) is 1. The molecule has 7 heteroatoms. The summed E-state index contributed by atoms with van der Waals surface area (Å²) in [5.74, 6) is 0.719. The molecular formula is C17H22N4O2S. The molecule has 2 heterocycles. The zero-order chi connectivity index (χ0) is 16.9. The molecule has 1 aliphatic heterocycles. The van der Waals surface area contributed by atoms with Crippen LogP contribution in [0.4, 0.5) is 0 Å². The zero-order valence-corrected chi connectivity index (χ0v) is 14.6. The van der Waals surface area contributed by atoms with Gasteiger partial charge in [-0.25, -0.2) is 9.66 Å². The van der Waals surface area contributed by atoms with Crippen molar-refractivity contribution in [3.8, 4) is 0 Å². The summed E-state index contributed by atoms with van der Waals surface area (Å²) in [6, 6.07) is 7.41. The third kappa shape index (κ3) is 3.57. The van der Waals surface area contributed by atoms with E-state index in [0.717, 1.165) is 43.7 Å². The lowest BCUT2D eigenvalue weighted by Crippen LogP contribution is -2.47. The van der Waals surface area contributed by atoms with Gasteiger partial charge in [-0.2, -0.15) is 0 Å². The highest BCUT2D eigenvalue weighted by molar-refractivity contribution is 7.80. The molecule has 0 bridgehead atoms. The SMILES string of the molecule is CCCCc1nc2ccccc2c(=O)n1NC(=S)N1CCOCC1. The summed E-state index contributed by atoms with van der Waals surface area (Å²) in [6.45, 7) is 4.87. The van der Waals surface area contributed by atoms with Crippen molar-refractivity contribution >= 4 is 28.2 Å². The van der Waals surface area contributed by atoms with Crippen LogP contribution in [0.2, 0.25) is 0 Å². The smallest absolute Gasteiger partial charge is 0.280 e. The van der Waals surface area contributed by atoms with Crippen molar-refractivity contribution in [2.75, 3.05) is 31.7 Å². The standard InChI is InChI=1S/C17H22N4O2S/c1-2-3-8-15-18-14-7-5-4-6-13(14)16(22)21(15)19-17(24)20-9-11-23-12-10-20/h4-7H,2-3,8-12H2,1H3,(H,19,24). The van der Waals surface area contributed by atoms with Crippen molar-refractivity contribution in [2.45, 2.75) is 26.2 Å². The summed E-state index contributed by atoms with van der Waals surface area (Å²) in [6.07, 6.45) is 2.74. The van der Waals surface area contributed by atoms with Crippen LogP contribution in [0, 0.1) is 0 Å². The molecule has 24 heavy (non-hydrogen) atoms. The number of nitrogens with zero attached hydrogens (tertiary/aromatic N) is 3. The third-order valence-electron chi connectivity index (χ3n) is 4.10. The molecule has 2 aromatic rings. The highest BCUT2D eigenvalue weighted by Gasteiger charge is 2.17. The quantitative estimate of drug-likeness (QED) is 0.854. The number of rotatable bonds is 4. The van der Waals surface area contributed by atoms with Gasteiger partial charge in [-0.15, -0.1) is 0 Å². The third-order valence-corrected chi connectivity index (χ3v) is 4.45. The number of hydrogen-bond donors (Lipinski definition) is 1. The molecule has 0 unspecified atom stereocenters. The van der Waals surface area contributed by atoms with Gasteiger partial charge in [-0.05, 0) is 30.8 Å². The van der Waals surface area contributed by atoms with Crippen molar-refractivity contribution in [1.29, 1.82) is 0 Å². The van der Waals surface area contributed by atoms with E-state index in [-0.39, 0.29) is 5.56 Å². The van der Waals surface area contributed by atoms with Crippen molar-refractivity contribution in [3.05, 3.63) is 40.4 Å². The van der Waals surface area contributed by atoms with Gasteiger partial charge >= 0.3 is 0 Å². The molecule has 1 saturated heterocycles. The first-order valence-corrected chi connectivity index (χ1v) is 8.76. The maximum Gasteiger partial charge on any atom is 0.280 e. The van der Waals surface area contributed by atoms with Crippen LogP contribution in [0.15, 0.2) is 29.1 Å². The molecule has 3 rings (SSSR count). The summed E-state index contributed by atoms with van der Waals surface area (Å²) < 4.78 is 6.86. The van der Waals surface area contributed by atoms with Crippen LogP contribution < -0.4 is 11.0 Å². The van der Waals surface area contributed by atoms with E-state index >= 15 is 0 Å². The molecule has 0 spiro atoms. The number of aryl methyl sites for hydroxylation is 1. The summed E-state index contributed by atoms with van der Waals surface area (Å²) in [5, 5.41) is 1.13. The number of para-hydroxylation sites is 1. The van der Waals surface area contributed by atoms with E-state index in [9.17, 15) is 4.79 Å². The topological polar surface area (TPSA) is 59.4 Å². The van der Waals surface area contributed by atoms with Crippen LogP contribution in [0.3, 0.4) is 0 Å². The molecule has 6 nitrogen and oxygen atoms in total. The Bertz CT molecular complexity index is 784. The van der Waals surface area contributed by atoms with Gasteiger partial charge in [0.1, 0.15) is 5.82 Å². The fourth-order valence-electron chi connectivity index (χ4n) is 2.73. The van der Waals surface area contributed by atoms with Crippen LogP contribution in [-0.4, -0.2) is 46.0 Å². The zero-order valence-electron chi connectivity index (χ0n) is 13.8. The minimum Gasteiger partial charge on any atom is -0.378 e. The van der Waals surface area contributed by atoms with Gasteiger partial charge in [0.2, 0.25) is 0 Å². The summed E-state index contributed by atoms with van der Waals surface area (Å²) >= 11 is 5.48. The second-order valence-corrected chi connectivity index (χ2v) is 6.19. The van der Waals surface area contributed by atoms with Gasteiger partial charge in [0.05, 0.1) is 24.1 Å². The summed E-state index contributed by atoms with van der Waals surface area (Å²) in [5.41, 5.74) is 3.71. The van der Waals surface area contributed by atoms with E-state index in [1.165, 1.54) is 4.68 Å². The Hall–Kier alpha value is -1.99. The molecule has 128 valence electrons. The lowest BCUT2D eigenvalue weighted by Gasteiger charge is -2.30. The van der Waals surface area contributed by atoms with Gasteiger partial charge < -0.3 is 9.64 Å². The Morgan fingerprint density at radius 3 is 2.83 bits per heavy atom. The van der Waals surface area contributed by atoms with Gasteiger partial charge in [0.25, 0.3) is 5.56 Å². The van der Waals surface area contributed by atoms with Gasteiger partial charge in [0, 0.05) is 19.5 Å². The minimum absolute atomic E-state index is 0.109. The first-order chi connectivity index (χ1) is 11.7. The molecule has 0 atom stereocenters. The largest absolute Gasteiger partial charge is 0.378 e. The average molecular weight is 346 g/mol. The fraction of sp³-hybridized carbons (Fsp3) is 0.471. The van der Waals surface area contributed by atoms with Crippen molar-refractivity contribution in [2.24, 2.45) is 0 Å². The Kier molecular flexibility index (Phi) is 5.42. The van der Waals surface area contributed by atoms with Crippen LogP contribution in [-0.2, 0) is 11.2 Å². The number of fused-ring (bicyclic) bond motifs is 1. The maximum atomic E-state index is 12.9. The number of morpholine rings is 1. The second kappa shape index (κ2) is 7.72. The van der Waals surface area contributed by atoms with Crippen LogP contribution >= 0.6 is 12.2 Å². The summed E-state index contributed by atoms with van der Waals surface area (Å²) in [4.78, 5) is 19.6. The van der Waals surface area contributed by atoms with Gasteiger partial charge in [-0.1, -0.05) is 25.5 Å². The van der Waals surface area contributed by atoms with Crippen molar-refractivity contribution in [3.63, 3.8) is 0 Å². The molecule has 1 aromatic heterocycles. The summed E-state index contributed by atoms with van der Waals surface area (Å²) in [7, 11) is 0. The first kappa shape index (κ1) is 16.9. The van der Waals surface area contributed by atoms with Crippen LogP contribution in [0.1, 0.15) is 25.6 Å². The number of unbranched alkanes of at least 4 members (excludes halogenated alkanes) is 1. The Balaban J connectivity index is 1.95. The number of aromatic nitrogens is 2. The van der Waals surface area contributed by atoms with Gasteiger partial charge in [0.15, 0.2) is 5.11 Å². The van der Waals surface area contributed by atoms with E-state index < -0.39 is 0 Å². The first-order valence-electron chi connectivity index (χ1n) is 8.35. The lowest BCUT2D eigenvalue weighted by atomic mass is 10.2. The number of ether oxygens (including phenoxy) is 1. The molecule has 0 saturated carbocycles. The van der Waals surface area contributed by atoms with E-state index in [2.05, 4.69) is 17.3 Å². The molecular weight excluding hydrogens is 324 g/mol.